The van der Waals surface area contributed by atoms with Gasteiger partial charge in [0, 0.05) is 20.3 Å². The topological polar surface area (TPSA) is 55.1 Å². The molecule has 0 bridgehead atoms. The molecule has 0 unspecified atom stereocenters. The molecule has 0 aliphatic heterocycles. The van der Waals surface area contributed by atoms with Crippen molar-refractivity contribution < 1.29 is 4.79 Å². The molecule has 0 aliphatic carbocycles. The van der Waals surface area contributed by atoms with Crippen molar-refractivity contribution >= 4 is 49.1 Å². The molecule has 0 heterocycles. The first kappa shape index (κ1) is 14.1. The lowest BCUT2D eigenvalue weighted by atomic mass is 10.1. The van der Waals surface area contributed by atoms with Gasteiger partial charge in [-0.3, -0.25) is 4.79 Å². The van der Waals surface area contributed by atoms with Crippen LogP contribution in [0.2, 0.25) is 0 Å². The number of benzene rings is 2. The Morgan fingerprint density at radius 1 is 1.21 bits per heavy atom. The molecular formula is C14H12Br2N2O. The minimum Gasteiger partial charge on any atom is -0.398 e. The number of hydrogen-bond donors (Lipinski definition) is 2. The molecule has 0 spiro atoms. The summed E-state index contributed by atoms with van der Waals surface area (Å²) in [5.74, 6) is -0.169. The summed E-state index contributed by atoms with van der Waals surface area (Å²) in [6, 6.07) is 10.9. The molecule has 3 N–H and O–H groups in total. The van der Waals surface area contributed by atoms with Crippen LogP contribution in [0.3, 0.4) is 0 Å². The second kappa shape index (κ2) is 5.75. The Bertz CT molecular complexity index is 641. The minimum atomic E-state index is -0.169. The molecule has 0 saturated heterocycles. The van der Waals surface area contributed by atoms with Crippen molar-refractivity contribution in [2.45, 2.75) is 6.92 Å². The van der Waals surface area contributed by atoms with Crippen LogP contribution >= 0.6 is 31.9 Å². The number of carbonyl (C=O) groups is 1. The first-order valence-electron chi connectivity index (χ1n) is 5.60. The van der Waals surface area contributed by atoms with E-state index in [9.17, 15) is 4.79 Å². The van der Waals surface area contributed by atoms with Gasteiger partial charge >= 0.3 is 0 Å². The summed E-state index contributed by atoms with van der Waals surface area (Å²) in [5, 5.41) is 2.82. The van der Waals surface area contributed by atoms with Crippen molar-refractivity contribution in [1.29, 1.82) is 0 Å². The van der Waals surface area contributed by atoms with Gasteiger partial charge in [0.1, 0.15) is 0 Å². The fraction of sp³-hybridized carbons (Fsp3) is 0.0714. The first-order chi connectivity index (χ1) is 8.99. The molecule has 0 radical (unpaired) electrons. The number of amides is 1. The number of rotatable bonds is 2. The van der Waals surface area contributed by atoms with E-state index in [0.29, 0.717) is 16.9 Å². The summed E-state index contributed by atoms with van der Waals surface area (Å²) in [6.45, 7) is 1.94. The Hall–Kier alpha value is -1.33. The summed E-state index contributed by atoms with van der Waals surface area (Å²) in [6.07, 6.45) is 0. The number of nitrogens with two attached hydrogens (primary N) is 1. The normalized spacial score (nSPS) is 10.3. The lowest BCUT2D eigenvalue weighted by Crippen LogP contribution is -2.13. The zero-order valence-corrected chi connectivity index (χ0v) is 13.4. The smallest absolute Gasteiger partial charge is 0.256 e. The highest BCUT2D eigenvalue weighted by atomic mass is 79.9. The van der Waals surface area contributed by atoms with Crippen LogP contribution in [0.1, 0.15) is 15.9 Å². The quantitative estimate of drug-likeness (QED) is 0.757. The van der Waals surface area contributed by atoms with Gasteiger partial charge < -0.3 is 11.1 Å². The largest absolute Gasteiger partial charge is 0.398 e. The predicted molar refractivity (Wildman–Crippen MR) is 85.4 cm³/mol. The Morgan fingerprint density at radius 3 is 2.63 bits per heavy atom. The lowest BCUT2D eigenvalue weighted by molar-refractivity contribution is 0.102. The minimum absolute atomic E-state index is 0.169. The molecule has 0 saturated carbocycles. The number of nitrogens with one attached hydrogen (secondary N) is 1. The third-order valence-corrected chi connectivity index (χ3v) is 4.47. The third-order valence-electron chi connectivity index (χ3n) is 2.69. The Morgan fingerprint density at radius 2 is 1.95 bits per heavy atom. The highest BCUT2D eigenvalue weighted by Crippen LogP contribution is 2.25. The summed E-state index contributed by atoms with van der Waals surface area (Å²) >= 11 is 6.74. The maximum absolute atomic E-state index is 12.2. The van der Waals surface area contributed by atoms with E-state index >= 15 is 0 Å². The van der Waals surface area contributed by atoms with E-state index in [1.54, 1.807) is 24.3 Å². The average Bonchev–Trinajstić information content (AvgIpc) is 2.37. The summed E-state index contributed by atoms with van der Waals surface area (Å²) in [7, 11) is 0. The van der Waals surface area contributed by atoms with Crippen LogP contribution in [0.15, 0.2) is 45.3 Å². The molecule has 2 aromatic rings. The third kappa shape index (κ3) is 3.16. The Labute approximate surface area is 128 Å². The van der Waals surface area contributed by atoms with Crippen LogP contribution in [0, 0.1) is 6.92 Å². The second-order valence-electron chi connectivity index (χ2n) is 4.13. The number of carbonyl (C=O) groups excluding carboxylic acids is 1. The van der Waals surface area contributed by atoms with E-state index in [0.717, 1.165) is 14.5 Å². The number of halogens is 2. The van der Waals surface area contributed by atoms with Crippen molar-refractivity contribution in [3.8, 4) is 0 Å². The van der Waals surface area contributed by atoms with Gasteiger partial charge in [0.25, 0.3) is 5.91 Å². The Kier molecular flexibility index (Phi) is 4.27. The molecule has 0 aliphatic rings. The van der Waals surface area contributed by atoms with E-state index in [4.69, 9.17) is 5.73 Å². The highest BCUT2D eigenvalue weighted by molar-refractivity contribution is 9.11. The molecule has 0 fully saturated rings. The molecule has 2 rings (SSSR count). The van der Waals surface area contributed by atoms with E-state index in [2.05, 4.69) is 37.2 Å². The first-order valence-corrected chi connectivity index (χ1v) is 7.19. The summed E-state index contributed by atoms with van der Waals surface area (Å²) in [4.78, 5) is 12.2. The van der Waals surface area contributed by atoms with Gasteiger partial charge in [-0.15, -0.1) is 0 Å². The van der Waals surface area contributed by atoms with Gasteiger partial charge in [-0.25, -0.2) is 0 Å². The SMILES string of the molecule is Cc1cccc(C(=O)Nc2ccc(Br)c(N)c2)c1Br. The van der Waals surface area contributed by atoms with Gasteiger partial charge in [-0.1, -0.05) is 12.1 Å². The maximum atomic E-state index is 12.2. The zero-order valence-electron chi connectivity index (χ0n) is 10.2. The molecular weight excluding hydrogens is 372 g/mol. The van der Waals surface area contributed by atoms with Gasteiger partial charge in [0.05, 0.1) is 5.56 Å². The molecule has 5 heteroatoms. The number of anilines is 2. The van der Waals surface area contributed by atoms with Crippen LogP contribution in [0.4, 0.5) is 11.4 Å². The van der Waals surface area contributed by atoms with Gasteiger partial charge in [-0.05, 0) is 68.6 Å². The number of aryl methyl sites for hydroxylation is 1. The lowest BCUT2D eigenvalue weighted by Gasteiger charge is -2.09. The number of nitrogen functional groups attached to an aromatic ring is 1. The standard InChI is InChI=1S/C14H12Br2N2O/c1-8-3-2-4-10(13(8)16)14(19)18-9-5-6-11(15)12(17)7-9/h2-7H,17H2,1H3,(H,18,19). The van der Waals surface area contributed by atoms with Crippen LogP contribution in [0.5, 0.6) is 0 Å². The van der Waals surface area contributed by atoms with Crippen molar-refractivity contribution in [3.63, 3.8) is 0 Å². The number of hydrogen-bond acceptors (Lipinski definition) is 2. The molecule has 1 amide bonds. The Balaban J connectivity index is 2.26. The molecule has 98 valence electrons. The van der Waals surface area contributed by atoms with Crippen LogP contribution in [0.25, 0.3) is 0 Å². The van der Waals surface area contributed by atoms with Gasteiger partial charge in [0.15, 0.2) is 0 Å². The maximum Gasteiger partial charge on any atom is 0.256 e. The fourth-order valence-electron chi connectivity index (χ4n) is 1.64. The fourth-order valence-corrected chi connectivity index (χ4v) is 2.33. The molecule has 19 heavy (non-hydrogen) atoms. The zero-order chi connectivity index (χ0) is 14.0. The van der Waals surface area contributed by atoms with E-state index < -0.39 is 0 Å². The van der Waals surface area contributed by atoms with E-state index in [1.807, 2.05) is 19.1 Å². The molecule has 2 aromatic carbocycles. The van der Waals surface area contributed by atoms with Crippen molar-refractivity contribution in [3.05, 3.63) is 56.5 Å². The van der Waals surface area contributed by atoms with E-state index in [1.165, 1.54) is 0 Å². The molecule has 0 aromatic heterocycles. The highest BCUT2D eigenvalue weighted by Gasteiger charge is 2.11. The summed E-state index contributed by atoms with van der Waals surface area (Å²) in [5.41, 5.74) is 8.65. The monoisotopic (exact) mass is 382 g/mol. The van der Waals surface area contributed by atoms with Gasteiger partial charge in [-0.2, -0.15) is 0 Å². The summed E-state index contributed by atoms with van der Waals surface area (Å²) < 4.78 is 1.61. The van der Waals surface area contributed by atoms with Crippen LogP contribution in [-0.2, 0) is 0 Å². The van der Waals surface area contributed by atoms with Crippen molar-refractivity contribution in [1.82, 2.24) is 0 Å². The average molecular weight is 384 g/mol. The predicted octanol–water partition coefficient (Wildman–Crippen LogP) is 4.35. The van der Waals surface area contributed by atoms with E-state index in [-0.39, 0.29) is 5.91 Å². The molecule has 0 atom stereocenters. The van der Waals surface area contributed by atoms with Crippen molar-refractivity contribution in [2.75, 3.05) is 11.1 Å². The second-order valence-corrected chi connectivity index (χ2v) is 5.77. The van der Waals surface area contributed by atoms with Crippen LogP contribution in [-0.4, -0.2) is 5.91 Å². The molecule has 3 nitrogen and oxygen atoms in total. The van der Waals surface area contributed by atoms with Crippen molar-refractivity contribution in [2.24, 2.45) is 0 Å². The van der Waals surface area contributed by atoms with Crippen LogP contribution < -0.4 is 11.1 Å². The van der Waals surface area contributed by atoms with Gasteiger partial charge in [0.2, 0.25) is 0 Å².